The molecular weight excluding hydrogens is 459 g/mol. The van der Waals surface area contributed by atoms with Crippen molar-refractivity contribution in [2.75, 3.05) is 51.4 Å². The molecule has 1 aromatic carbocycles. The normalized spacial score (nSPS) is 23.1. The Bertz CT molecular complexity index is 1150. The zero-order chi connectivity index (χ0) is 22.9. The van der Waals surface area contributed by atoms with Crippen LogP contribution in [0.2, 0.25) is 0 Å². The summed E-state index contributed by atoms with van der Waals surface area (Å²) in [6.45, 7) is 4.83. The molecule has 2 aromatic heterocycles. The number of aliphatic hydroxyl groups excluding tert-OH is 1. The molecule has 3 aromatic rings. The number of halogens is 1. The van der Waals surface area contributed by atoms with Gasteiger partial charge in [0.15, 0.2) is 5.82 Å². The molecule has 0 aliphatic carbocycles. The number of alkyl halides is 1. The Labute approximate surface area is 204 Å². The van der Waals surface area contributed by atoms with Crippen LogP contribution in [-0.2, 0) is 4.74 Å². The topological polar surface area (TPSA) is 97.6 Å². The Morgan fingerprint density at radius 1 is 1.26 bits per heavy atom. The van der Waals surface area contributed by atoms with E-state index in [1.807, 2.05) is 24.0 Å². The average Bonchev–Trinajstić information content (AvgIpc) is 3.26. The molecule has 9 nitrogen and oxygen atoms in total. The van der Waals surface area contributed by atoms with Crippen LogP contribution in [0.25, 0.3) is 16.7 Å². The number of anilines is 1. The number of rotatable bonds is 5. The monoisotopic (exact) mass is 490 g/mol. The number of ether oxygens (including phenoxy) is 2. The molecular formula is C23H31FN6O3S. The van der Waals surface area contributed by atoms with E-state index in [1.54, 1.807) is 10.9 Å². The van der Waals surface area contributed by atoms with Crippen molar-refractivity contribution in [3.8, 4) is 11.8 Å². The number of methoxy groups -OCH3 is 1. The minimum Gasteiger partial charge on any atom is -0.467 e. The fraction of sp³-hybridized carbons (Fsp3) is 0.522. The Kier molecular flexibility index (Phi) is 7.56. The van der Waals surface area contributed by atoms with E-state index in [9.17, 15) is 9.50 Å². The summed E-state index contributed by atoms with van der Waals surface area (Å²) in [5.41, 5.74) is 2.95. The number of nitrogens with zero attached hydrogens (tertiary/aromatic N) is 5. The van der Waals surface area contributed by atoms with Gasteiger partial charge >= 0.3 is 6.01 Å². The SMILES string of the molecule is COc1nc(N2CCO[C@H](CO)C2)cc(-n2ncc3cc(C)c(C4CCNCC4F)cc32)n1.S. The smallest absolute Gasteiger partial charge is 0.320 e. The Morgan fingerprint density at radius 3 is 2.85 bits per heavy atom. The molecule has 3 atom stereocenters. The molecule has 0 bridgehead atoms. The third kappa shape index (κ3) is 4.70. The van der Waals surface area contributed by atoms with E-state index in [2.05, 4.69) is 26.4 Å². The first-order valence-corrected chi connectivity index (χ1v) is 11.3. The molecule has 0 saturated carbocycles. The highest BCUT2D eigenvalue weighted by Crippen LogP contribution is 2.33. The van der Waals surface area contributed by atoms with Crippen molar-refractivity contribution in [2.45, 2.75) is 31.5 Å². The fourth-order valence-electron chi connectivity index (χ4n) is 4.76. The van der Waals surface area contributed by atoms with Crippen LogP contribution in [0.3, 0.4) is 0 Å². The van der Waals surface area contributed by atoms with Crippen LogP contribution >= 0.6 is 13.5 Å². The molecule has 0 amide bonds. The maximum absolute atomic E-state index is 14.7. The molecule has 2 fully saturated rings. The molecule has 0 radical (unpaired) electrons. The Morgan fingerprint density at radius 2 is 2.09 bits per heavy atom. The predicted octanol–water partition coefficient (Wildman–Crippen LogP) is 1.86. The Balaban J connectivity index is 0.00000274. The second kappa shape index (κ2) is 10.4. The molecule has 2 N–H and O–H groups in total. The third-order valence-electron chi connectivity index (χ3n) is 6.51. The highest BCUT2D eigenvalue weighted by Gasteiger charge is 2.28. The summed E-state index contributed by atoms with van der Waals surface area (Å²) in [7, 11) is 1.53. The average molecular weight is 491 g/mol. The summed E-state index contributed by atoms with van der Waals surface area (Å²) < 4.78 is 27.4. The van der Waals surface area contributed by atoms with Gasteiger partial charge in [0.1, 0.15) is 12.0 Å². The van der Waals surface area contributed by atoms with Crippen LogP contribution in [0.1, 0.15) is 23.5 Å². The summed E-state index contributed by atoms with van der Waals surface area (Å²) in [6.07, 6.45) is 1.37. The first kappa shape index (κ1) is 24.6. The highest BCUT2D eigenvalue weighted by molar-refractivity contribution is 7.59. The fourth-order valence-corrected chi connectivity index (χ4v) is 4.76. The molecule has 0 spiro atoms. The zero-order valence-corrected chi connectivity index (χ0v) is 20.4. The van der Waals surface area contributed by atoms with E-state index in [0.717, 1.165) is 35.0 Å². The number of aryl methyl sites for hydroxylation is 1. The predicted molar refractivity (Wildman–Crippen MR) is 132 cm³/mol. The van der Waals surface area contributed by atoms with E-state index in [4.69, 9.17) is 9.47 Å². The van der Waals surface area contributed by atoms with E-state index in [-0.39, 0.29) is 38.1 Å². The summed E-state index contributed by atoms with van der Waals surface area (Å²) in [5, 5.41) is 18.2. The van der Waals surface area contributed by atoms with Crippen molar-refractivity contribution < 1.29 is 19.0 Å². The number of piperidine rings is 1. The highest BCUT2D eigenvalue weighted by atomic mass is 32.1. The van der Waals surface area contributed by atoms with Gasteiger partial charge in [-0.2, -0.15) is 28.6 Å². The maximum atomic E-state index is 14.7. The quantitative estimate of drug-likeness (QED) is 0.560. The van der Waals surface area contributed by atoms with E-state index in [1.165, 1.54) is 7.11 Å². The van der Waals surface area contributed by atoms with Crippen molar-refractivity contribution in [3.05, 3.63) is 35.5 Å². The number of hydrogen-bond donors (Lipinski definition) is 2. The van der Waals surface area contributed by atoms with Crippen molar-refractivity contribution in [1.29, 1.82) is 0 Å². The van der Waals surface area contributed by atoms with Gasteiger partial charge < -0.3 is 24.8 Å². The lowest BCUT2D eigenvalue weighted by molar-refractivity contribution is 0.00333. The molecule has 4 heterocycles. The first-order chi connectivity index (χ1) is 16.1. The van der Waals surface area contributed by atoms with Crippen LogP contribution in [0.15, 0.2) is 24.4 Å². The second-order valence-corrected chi connectivity index (χ2v) is 8.63. The molecule has 5 rings (SSSR count). The van der Waals surface area contributed by atoms with E-state index < -0.39 is 6.17 Å². The van der Waals surface area contributed by atoms with Gasteiger partial charge in [-0.1, -0.05) is 0 Å². The van der Waals surface area contributed by atoms with Gasteiger partial charge in [-0.25, -0.2) is 9.07 Å². The van der Waals surface area contributed by atoms with Crippen LogP contribution in [0, 0.1) is 6.92 Å². The number of hydrogen-bond acceptors (Lipinski definition) is 8. The van der Waals surface area contributed by atoms with Gasteiger partial charge in [0.2, 0.25) is 0 Å². The maximum Gasteiger partial charge on any atom is 0.320 e. The van der Waals surface area contributed by atoms with Crippen molar-refractivity contribution in [1.82, 2.24) is 25.1 Å². The molecule has 2 aliphatic heterocycles. The van der Waals surface area contributed by atoms with Crippen molar-refractivity contribution in [2.24, 2.45) is 0 Å². The molecule has 184 valence electrons. The summed E-state index contributed by atoms with van der Waals surface area (Å²) in [6, 6.07) is 6.20. The lowest BCUT2D eigenvalue weighted by Gasteiger charge is -2.33. The number of aliphatic hydroxyl groups is 1. The number of aromatic nitrogens is 4. The minimum atomic E-state index is -0.919. The van der Waals surface area contributed by atoms with Gasteiger partial charge in [0, 0.05) is 37.0 Å². The minimum absolute atomic E-state index is 0. The summed E-state index contributed by atoms with van der Waals surface area (Å²) in [5.74, 6) is 1.10. The van der Waals surface area contributed by atoms with Gasteiger partial charge in [-0.05, 0) is 43.1 Å². The molecule has 11 heteroatoms. The number of benzene rings is 1. The Hall–Kier alpha value is -2.47. The lowest BCUT2D eigenvalue weighted by Crippen LogP contribution is -2.44. The van der Waals surface area contributed by atoms with Crippen molar-refractivity contribution in [3.63, 3.8) is 0 Å². The van der Waals surface area contributed by atoms with E-state index in [0.29, 0.717) is 37.9 Å². The first-order valence-electron chi connectivity index (χ1n) is 11.3. The molecule has 2 unspecified atom stereocenters. The molecule has 2 aliphatic rings. The number of nitrogens with one attached hydrogen (secondary N) is 1. The lowest BCUT2D eigenvalue weighted by atomic mass is 9.85. The number of morpholine rings is 1. The number of fused-ring (bicyclic) bond motifs is 1. The van der Waals surface area contributed by atoms with Gasteiger partial charge in [-0.3, -0.25) is 0 Å². The van der Waals surface area contributed by atoms with Crippen LogP contribution in [-0.4, -0.2) is 83.6 Å². The van der Waals surface area contributed by atoms with Gasteiger partial charge in [0.05, 0.1) is 38.1 Å². The standard InChI is InChI=1S/C23H29FN6O3.H2S/c1-14-7-15-10-26-30(20(15)8-18(14)17-3-4-25-11-19(17)24)22-9-21(27-23(28-22)32-2)29-5-6-33-16(12-29)13-31;/h7-10,16-17,19,25,31H,3-6,11-13H2,1-2H3;1H2/t16-,17?,19?;/m0./s1. The third-order valence-corrected chi connectivity index (χ3v) is 6.51. The van der Waals surface area contributed by atoms with Crippen molar-refractivity contribution >= 4 is 30.2 Å². The summed E-state index contributed by atoms with van der Waals surface area (Å²) >= 11 is 0. The van der Waals surface area contributed by atoms with Crippen LogP contribution < -0.4 is 15.0 Å². The van der Waals surface area contributed by atoms with E-state index >= 15 is 0 Å². The molecule has 34 heavy (non-hydrogen) atoms. The van der Waals surface area contributed by atoms with Crippen LogP contribution in [0.5, 0.6) is 6.01 Å². The van der Waals surface area contributed by atoms with Gasteiger partial charge in [-0.15, -0.1) is 0 Å². The van der Waals surface area contributed by atoms with Crippen LogP contribution in [0.4, 0.5) is 10.2 Å². The molecule has 2 saturated heterocycles. The summed E-state index contributed by atoms with van der Waals surface area (Å²) in [4.78, 5) is 11.1. The van der Waals surface area contributed by atoms with Gasteiger partial charge in [0.25, 0.3) is 0 Å². The zero-order valence-electron chi connectivity index (χ0n) is 19.4. The largest absolute Gasteiger partial charge is 0.467 e. The second-order valence-electron chi connectivity index (χ2n) is 8.63.